The fourth-order valence-corrected chi connectivity index (χ4v) is 8.64. The molecule has 3 aromatic carbocycles. The van der Waals surface area contributed by atoms with Crippen molar-refractivity contribution >= 4 is 51.1 Å². The van der Waals surface area contributed by atoms with E-state index in [-0.39, 0.29) is 17.6 Å². The topological polar surface area (TPSA) is 211 Å². The number of phenolic OH excluding ortho intramolecular Hbond substituents is 1. The van der Waals surface area contributed by atoms with E-state index in [1.54, 1.807) is 12.1 Å². The van der Waals surface area contributed by atoms with Gasteiger partial charge in [0.25, 0.3) is 0 Å². The van der Waals surface area contributed by atoms with Crippen molar-refractivity contribution in [3.8, 4) is 27.7 Å². The largest absolute Gasteiger partial charge is 0.508 e. The fraction of sp³-hybridized carbons (Fsp3) is 0.405. The van der Waals surface area contributed by atoms with Crippen LogP contribution in [0.4, 0.5) is 0 Å². The van der Waals surface area contributed by atoms with Gasteiger partial charge in [-0.15, -0.1) is 11.3 Å². The molecule has 3 heterocycles. The van der Waals surface area contributed by atoms with Crippen LogP contribution in [0.3, 0.4) is 0 Å². The Kier molecular flexibility index (Phi) is 15.4. The van der Waals surface area contributed by atoms with Crippen molar-refractivity contribution in [2.75, 3.05) is 39.3 Å². The highest BCUT2D eigenvalue weighted by Gasteiger charge is 2.32. The predicted octanol–water partition coefficient (Wildman–Crippen LogP) is 6.47. The van der Waals surface area contributed by atoms with Crippen molar-refractivity contribution in [2.45, 2.75) is 69.9 Å². The lowest BCUT2D eigenvalue weighted by Gasteiger charge is -2.41. The van der Waals surface area contributed by atoms with E-state index in [9.17, 15) is 9.90 Å². The molecular weight excluding hydrogens is 757 g/mol. The molecule has 57 heavy (non-hydrogen) atoms. The molecule has 1 saturated carbocycles. The number of phenols is 1. The van der Waals surface area contributed by atoms with Gasteiger partial charge in [0.2, 0.25) is 0 Å². The maximum absolute atomic E-state index is 14.2. The summed E-state index contributed by atoms with van der Waals surface area (Å²) in [7, 11) is 0. The van der Waals surface area contributed by atoms with Gasteiger partial charge in [0.15, 0.2) is 5.78 Å². The van der Waals surface area contributed by atoms with Crippen molar-refractivity contribution in [3.05, 3.63) is 77.9 Å². The van der Waals surface area contributed by atoms with E-state index >= 15 is 0 Å². The van der Waals surface area contributed by atoms with Gasteiger partial charge in [-0.2, -0.15) is 0 Å². The number of carboxylic acid groups (broad SMARTS) is 4. The number of likely N-dealkylation sites (tertiary alicyclic amines) is 2. The number of fused-ring (bicyclic) bond motifs is 1. The van der Waals surface area contributed by atoms with Crippen LogP contribution in [0.2, 0.25) is 0 Å². The summed E-state index contributed by atoms with van der Waals surface area (Å²) in [6, 6.07) is 21.5. The van der Waals surface area contributed by atoms with Crippen molar-refractivity contribution in [3.63, 3.8) is 0 Å². The van der Waals surface area contributed by atoms with Crippen molar-refractivity contribution < 1.29 is 59.0 Å². The number of carbonyl (C=O) groups is 5. The van der Waals surface area contributed by atoms with Crippen LogP contribution in [0.1, 0.15) is 73.7 Å². The van der Waals surface area contributed by atoms with E-state index in [0.717, 1.165) is 58.1 Å². The molecule has 3 aliphatic rings. The Morgan fingerprint density at radius 1 is 0.667 bits per heavy atom. The minimum atomic E-state index is -1.82. The minimum absolute atomic E-state index is 0.0247. The molecule has 0 radical (unpaired) electrons. The number of thiophene rings is 1. The molecule has 14 nitrogen and oxygen atoms in total. The first kappa shape index (κ1) is 42.6. The number of piperidine rings is 1. The van der Waals surface area contributed by atoms with E-state index in [4.69, 9.17) is 49.1 Å². The molecule has 5 N–H and O–H groups in total. The number of rotatable bonds is 10. The molecule has 304 valence electrons. The number of ether oxygens (including phenoxy) is 2. The van der Waals surface area contributed by atoms with Crippen LogP contribution in [0.15, 0.2) is 66.7 Å². The third-order valence-corrected chi connectivity index (χ3v) is 11.4. The number of ketones is 1. The van der Waals surface area contributed by atoms with Gasteiger partial charge in [-0.25, -0.2) is 19.2 Å². The Labute approximate surface area is 333 Å². The van der Waals surface area contributed by atoms with Gasteiger partial charge in [-0.05, 0) is 143 Å². The van der Waals surface area contributed by atoms with Gasteiger partial charge in [0.1, 0.15) is 30.0 Å². The molecule has 15 heteroatoms. The molecule has 7 rings (SSSR count). The number of aromatic hydroxyl groups is 1. The van der Waals surface area contributed by atoms with Gasteiger partial charge < -0.3 is 35.0 Å². The second-order valence-corrected chi connectivity index (χ2v) is 15.1. The zero-order valence-corrected chi connectivity index (χ0v) is 32.3. The van der Waals surface area contributed by atoms with E-state index in [2.05, 4.69) is 9.80 Å². The lowest BCUT2D eigenvalue weighted by Crippen LogP contribution is -2.49. The molecule has 4 aromatic rings. The second-order valence-electron chi connectivity index (χ2n) is 14.1. The molecule has 2 saturated heterocycles. The summed E-state index contributed by atoms with van der Waals surface area (Å²) in [5, 5.41) is 40.6. The fourth-order valence-electron chi connectivity index (χ4n) is 7.40. The van der Waals surface area contributed by atoms with Crippen molar-refractivity contribution in [1.82, 2.24) is 9.80 Å². The van der Waals surface area contributed by atoms with E-state index < -0.39 is 23.9 Å². The van der Waals surface area contributed by atoms with Crippen LogP contribution >= 0.6 is 11.3 Å². The molecule has 3 fully saturated rings. The summed E-state index contributed by atoms with van der Waals surface area (Å²) in [5.41, 5.74) is 2.27. The molecular formula is C42H48N2O12S. The van der Waals surface area contributed by atoms with Crippen LogP contribution in [-0.4, -0.2) is 116 Å². The monoisotopic (exact) mass is 804 g/mol. The van der Waals surface area contributed by atoms with Crippen LogP contribution in [-0.2, 0) is 19.2 Å². The van der Waals surface area contributed by atoms with Crippen LogP contribution in [0.5, 0.6) is 17.2 Å². The van der Waals surface area contributed by atoms with E-state index in [1.807, 2.05) is 54.6 Å². The highest BCUT2D eigenvalue weighted by Crippen LogP contribution is 2.42. The second kappa shape index (κ2) is 20.6. The van der Waals surface area contributed by atoms with Crippen LogP contribution < -0.4 is 9.47 Å². The minimum Gasteiger partial charge on any atom is -0.508 e. The highest BCUT2D eigenvalue weighted by molar-refractivity contribution is 7.22. The number of aliphatic carboxylic acids is 4. The first-order valence-corrected chi connectivity index (χ1v) is 19.9. The third kappa shape index (κ3) is 12.0. The maximum atomic E-state index is 14.2. The number of nitrogens with zero attached hydrogens (tertiary/aromatic N) is 2. The van der Waals surface area contributed by atoms with Crippen molar-refractivity contribution in [1.29, 1.82) is 0 Å². The molecule has 1 aliphatic carbocycles. The van der Waals surface area contributed by atoms with Gasteiger partial charge >= 0.3 is 23.9 Å². The normalized spacial score (nSPS) is 18.3. The maximum Gasteiger partial charge on any atom is 0.414 e. The molecule has 0 amide bonds. The number of carbonyl (C=O) groups excluding carboxylic acids is 1. The summed E-state index contributed by atoms with van der Waals surface area (Å²) < 4.78 is 13.5. The molecule has 0 spiro atoms. The number of hydrogen-bond donors (Lipinski definition) is 5. The lowest BCUT2D eigenvalue weighted by molar-refractivity contribution is -0.159. The number of hydrogen-bond acceptors (Lipinski definition) is 11. The quantitative estimate of drug-likeness (QED) is 0.0860. The molecule has 0 bridgehead atoms. The lowest BCUT2D eigenvalue weighted by atomic mass is 9.90. The average Bonchev–Trinajstić information content (AvgIpc) is 3.87. The zero-order valence-electron chi connectivity index (χ0n) is 31.5. The molecule has 1 aromatic heterocycles. The summed E-state index contributed by atoms with van der Waals surface area (Å²) >= 11 is 1.54. The van der Waals surface area contributed by atoms with Gasteiger partial charge in [0, 0.05) is 38.7 Å². The predicted molar refractivity (Wildman–Crippen MR) is 213 cm³/mol. The van der Waals surface area contributed by atoms with Gasteiger partial charge in [-0.1, -0.05) is 12.8 Å². The Balaban J connectivity index is 0.000000452. The molecule has 2 atom stereocenters. The van der Waals surface area contributed by atoms with E-state index in [0.29, 0.717) is 23.8 Å². The first-order valence-electron chi connectivity index (χ1n) is 19.1. The zero-order chi connectivity index (χ0) is 40.9. The van der Waals surface area contributed by atoms with Gasteiger partial charge in [-0.3, -0.25) is 14.6 Å². The Morgan fingerprint density at radius 3 is 1.86 bits per heavy atom. The Bertz CT molecular complexity index is 1950. The SMILES string of the molecule is O=C(O)C(=O)O.O=C(O)C(=O)O.O=C(c1ccc(O[C@@H]2CCCC[C@H]2N2CCCCC2)cc1)c1c(-c2ccc(OCCN3CCCC3)cc2)sc2cc(O)ccc12. The van der Waals surface area contributed by atoms with Gasteiger partial charge in [0.05, 0.1) is 0 Å². The number of carboxylic acids is 4. The summed E-state index contributed by atoms with van der Waals surface area (Å²) in [5.74, 6) is -5.46. The summed E-state index contributed by atoms with van der Waals surface area (Å²) in [6.07, 6.45) is 11.4. The summed E-state index contributed by atoms with van der Waals surface area (Å²) in [6.45, 7) is 6.31. The van der Waals surface area contributed by atoms with E-state index in [1.165, 1.54) is 75.8 Å². The Morgan fingerprint density at radius 2 is 1.25 bits per heavy atom. The summed E-state index contributed by atoms with van der Waals surface area (Å²) in [4.78, 5) is 56.6. The molecule has 0 unspecified atom stereocenters. The highest BCUT2D eigenvalue weighted by atomic mass is 32.1. The molecule has 2 aliphatic heterocycles. The first-order chi connectivity index (χ1) is 27.4. The van der Waals surface area contributed by atoms with Crippen LogP contribution in [0, 0.1) is 0 Å². The third-order valence-electron chi connectivity index (χ3n) is 10.2. The average molecular weight is 805 g/mol. The number of benzene rings is 3. The standard InChI is InChI=1S/C38H44N2O4S.2C2H2O4/c41-29-14-19-32-35(26-29)45-38(28-12-15-30(16-13-28)43-25-24-39-20-6-7-21-39)36(32)37(42)27-10-17-31(18-11-27)44-34-9-3-2-8-33(34)40-22-4-1-5-23-40;2*3-1(4)2(5)6/h10-19,26,33-34,41H,1-9,20-25H2;2*(H,3,4)(H,5,6)/t33-,34-;;/m1../s1. The Hall–Kier alpha value is -5.51. The smallest absolute Gasteiger partial charge is 0.414 e. The van der Waals surface area contributed by atoms with Crippen LogP contribution in [0.25, 0.3) is 20.5 Å². The van der Waals surface area contributed by atoms with Crippen molar-refractivity contribution in [2.24, 2.45) is 0 Å².